The molecule has 0 aliphatic carbocycles. The molecule has 0 aliphatic heterocycles. The predicted octanol–water partition coefficient (Wildman–Crippen LogP) is 6.20. The monoisotopic (exact) mass is 532 g/mol. The normalized spacial score (nSPS) is 11.6. The van der Waals surface area contributed by atoms with Gasteiger partial charge in [-0.1, -0.05) is 19.7 Å². The van der Waals surface area contributed by atoms with Crippen LogP contribution in [0.25, 0.3) is 0 Å². The minimum absolute atomic E-state index is 0.367. The van der Waals surface area contributed by atoms with Crippen LogP contribution in [-0.2, 0) is 23.9 Å². The van der Waals surface area contributed by atoms with Gasteiger partial charge in [-0.05, 0) is 113 Å². The summed E-state index contributed by atoms with van der Waals surface area (Å²) in [6.07, 6.45) is 2.41. The molecular formula is C28H49ClO7. The third kappa shape index (κ3) is 26.6. The standard InChI is InChI=1S/C16H26O4.C8H18O2.C4H5ClO/c1-11(2)13(17)19-15(5,6)9-10-16(7,8)20-14(18)12(3)4;1-7(2,9)5-6-8(3,4)10;1-3(2)4(5)6/h1,3,9-10H2,2,4-8H3;9-10H,5-6H2,1-4H3;1H2,2H3. The third-order valence-corrected chi connectivity index (χ3v) is 4.77. The predicted molar refractivity (Wildman–Crippen MR) is 147 cm³/mol. The number of carbonyl (C=O) groups excluding carboxylic acids is 3. The van der Waals surface area contributed by atoms with Crippen LogP contribution in [0.3, 0.4) is 0 Å². The number of halogens is 1. The smallest absolute Gasteiger partial charge is 0.333 e. The molecule has 0 rings (SSSR count). The van der Waals surface area contributed by atoms with Gasteiger partial charge in [-0.25, -0.2) is 9.59 Å². The van der Waals surface area contributed by atoms with E-state index in [4.69, 9.17) is 21.1 Å². The molecule has 0 amide bonds. The number of hydrogen-bond donors (Lipinski definition) is 2. The summed E-state index contributed by atoms with van der Waals surface area (Å²) < 4.78 is 10.7. The van der Waals surface area contributed by atoms with Gasteiger partial charge in [0.2, 0.25) is 5.24 Å². The fourth-order valence-electron chi connectivity index (χ4n) is 1.99. The van der Waals surface area contributed by atoms with E-state index in [1.165, 1.54) is 0 Å². The largest absolute Gasteiger partial charge is 0.456 e. The van der Waals surface area contributed by atoms with Crippen molar-refractivity contribution < 1.29 is 34.1 Å². The molecule has 0 spiro atoms. The average Bonchev–Trinajstić information content (AvgIpc) is 2.64. The number of hydrogen-bond acceptors (Lipinski definition) is 7. The van der Waals surface area contributed by atoms with Crippen LogP contribution in [0.2, 0.25) is 0 Å². The van der Waals surface area contributed by atoms with E-state index in [1.807, 2.05) is 27.7 Å². The molecule has 0 aromatic rings. The van der Waals surface area contributed by atoms with E-state index >= 15 is 0 Å². The van der Waals surface area contributed by atoms with Crippen molar-refractivity contribution in [1.29, 1.82) is 0 Å². The lowest BCUT2D eigenvalue weighted by Gasteiger charge is -2.31. The molecule has 0 fully saturated rings. The van der Waals surface area contributed by atoms with Gasteiger partial charge in [-0.2, -0.15) is 0 Å². The van der Waals surface area contributed by atoms with Crippen LogP contribution in [0.15, 0.2) is 36.5 Å². The zero-order chi connectivity index (χ0) is 29.7. The summed E-state index contributed by atoms with van der Waals surface area (Å²) in [6, 6.07) is 0. The van der Waals surface area contributed by atoms with E-state index in [0.717, 1.165) is 0 Å². The number of rotatable bonds is 11. The number of carbonyl (C=O) groups is 3. The Labute approximate surface area is 223 Å². The summed E-state index contributed by atoms with van der Waals surface area (Å²) in [6.45, 7) is 29.5. The Morgan fingerprint density at radius 1 is 0.611 bits per heavy atom. The minimum Gasteiger partial charge on any atom is -0.456 e. The number of allylic oxidation sites excluding steroid dienone is 1. The topological polar surface area (TPSA) is 110 Å². The van der Waals surface area contributed by atoms with Crippen LogP contribution in [-0.4, -0.2) is 49.8 Å². The van der Waals surface area contributed by atoms with Crippen LogP contribution in [0.1, 0.15) is 102 Å². The summed E-state index contributed by atoms with van der Waals surface area (Å²) in [4.78, 5) is 32.9. The molecule has 0 heterocycles. The lowest BCUT2D eigenvalue weighted by Crippen LogP contribution is -2.34. The number of esters is 2. The van der Waals surface area contributed by atoms with Crippen molar-refractivity contribution in [1.82, 2.24) is 0 Å². The molecule has 210 valence electrons. The highest BCUT2D eigenvalue weighted by Crippen LogP contribution is 2.26. The van der Waals surface area contributed by atoms with Crippen LogP contribution in [0.4, 0.5) is 0 Å². The fourth-order valence-corrected chi connectivity index (χ4v) is 1.99. The highest BCUT2D eigenvalue weighted by molar-refractivity contribution is 6.67. The van der Waals surface area contributed by atoms with Gasteiger partial charge in [0, 0.05) is 16.7 Å². The third-order valence-electron chi connectivity index (χ3n) is 4.45. The van der Waals surface area contributed by atoms with Crippen molar-refractivity contribution >= 4 is 28.8 Å². The molecule has 2 N–H and O–H groups in total. The first-order valence-electron chi connectivity index (χ1n) is 11.8. The van der Waals surface area contributed by atoms with Crippen LogP contribution < -0.4 is 0 Å². The van der Waals surface area contributed by atoms with Crippen molar-refractivity contribution in [2.24, 2.45) is 0 Å². The summed E-state index contributed by atoms with van der Waals surface area (Å²) in [5, 5.41) is 18.1. The SMILES string of the molecule is C=C(C)C(=O)Cl.C=C(C)C(=O)OC(C)(C)CCC(C)(C)OC(=O)C(=C)C.CC(C)(O)CCC(C)(C)O. The van der Waals surface area contributed by atoms with Crippen LogP contribution in [0.5, 0.6) is 0 Å². The highest BCUT2D eigenvalue weighted by atomic mass is 35.5. The quantitative estimate of drug-likeness (QED) is 0.185. The van der Waals surface area contributed by atoms with E-state index in [-0.39, 0.29) is 0 Å². The van der Waals surface area contributed by atoms with E-state index in [0.29, 0.717) is 42.4 Å². The zero-order valence-electron chi connectivity index (χ0n) is 24.3. The van der Waals surface area contributed by atoms with Crippen molar-refractivity contribution in [2.75, 3.05) is 0 Å². The molecule has 0 saturated carbocycles. The van der Waals surface area contributed by atoms with Gasteiger partial charge in [0.1, 0.15) is 11.2 Å². The number of ether oxygens (including phenoxy) is 2. The first-order chi connectivity index (χ1) is 15.7. The van der Waals surface area contributed by atoms with Gasteiger partial charge in [-0.15, -0.1) is 0 Å². The maximum Gasteiger partial charge on any atom is 0.333 e. The molecule has 0 saturated heterocycles. The fraction of sp³-hybridized carbons (Fsp3) is 0.679. The highest BCUT2D eigenvalue weighted by Gasteiger charge is 2.30. The van der Waals surface area contributed by atoms with Crippen molar-refractivity contribution in [3.05, 3.63) is 36.5 Å². The minimum atomic E-state index is -0.653. The summed E-state index contributed by atoms with van der Waals surface area (Å²) in [5.41, 5.74) is -1.46. The Bertz CT molecular complexity index is 713. The Hall–Kier alpha value is -1.96. The van der Waals surface area contributed by atoms with E-state index in [1.54, 1.807) is 48.5 Å². The molecular weight excluding hydrogens is 484 g/mol. The van der Waals surface area contributed by atoms with Gasteiger partial charge in [0.05, 0.1) is 11.2 Å². The van der Waals surface area contributed by atoms with E-state index in [2.05, 4.69) is 19.7 Å². The molecule has 0 aliphatic rings. The second-order valence-corrected chi connectivity index (χ2v) is 11.9. The number of aliphatic hydroxyl groups is 2. The molecule has 36 heavy (non-hydrogen) atoms. The Morgan fingerprint density at radius 3 is 0.972 bits per heavy atom. The van der Waals surface area contributed by atoms with Gasteiger partial charge in [-0.3, -0.25) is 4.79 Å². The maximum atomic E-state index is 11.5. The Balaban J connectivity index is -0.000000561. The lowest BCUT2D eigenvalue weighted by molar-refractivity contribution is -0.158. The lowest BCUT2D eigenvalue weighted by atomic mass is 9.93. The first-order valence-corrected chi connectivity index (χ1v) is 12.2. The second-order valence-electron chi connectivity index (χ2n) is 11.5. The molecule has 0 unspecified atom stereocenters. The van der Waals surface area contributed by atoms with Gasteiger partial charge < -0.3 is 19.7 Å². The van der Waals surface area contributed by atoms with Crippen LogP contribution in [0, 0.1) is 0 Å². The molecule has 7 nitrogen and oxygen atoms in total. The van der Waals surface area contributed by atoms with Gasteiger partial charge in [0.25, 0.3) is 0 Å². The van der Waals surface area contributed by atoms with E-state index < -0.39 is 39.6 Å². The van der Waals surface area contributed by atoms with E-state index in [9.17, 15) is 24.6 Å². The second kappa shape index (κ2) is 16.0. The molecule has 8 heteroatoms. The summed E-state index contributed by atoms with van der Waals surface area (Å²) in [7, 11) is 0. The maximum absolute atomic E-state index is 11.5. The van der Waals surface area contributed by atoms with Gasteiger partial charge in [0.15, 0.2) is 0 Å². The van der Waals surface area contributed by atoms with Crippen molar-refractivity contribution in [3.8, 4) is 0 Å². The van der Waals surface area contributed by atoms with Gasteiger partial charge >= 0.3 is 11.9 Å². The van der Waals surface area contributed by atoms with Crippen molar-refractivity contribution in [2.45, 2.75) is 124 Å². The molecule has 0 atom stereocenters. The average molecular weight is 533 g/mol. The molecule has 0 aromatic carbocycles. The van der Waals surface area contributed by atoms with Crippen LogP contribution >= 0.6 is 11.6 Å². The summed E-state index contributed by atoms with van der Waals surface area (Å²) in [5.74, 6) is -0.821. The molecule has 0 bridgehead atoms. The summed E-state index contributed by atoms with van der Waals surface area (Å²) >= 11 is 4.87. The molecule has 0 radical (unpaired) electrons. The zero-order valence-corrected chi connectivity index (χ0v) is 25.0. The Kier molecular flexibility index (Phi) is 17.1. The molecule has 0 aromatic heterocycles. The first kappa shape index (κ1) is 38.6. The Morgan fingerprint density at radius 2 is 0.833 bits per heavy atom. The van der Waals surface area contributed by atoms with Crippen molar-refractivity contribution in [3.63, 3.8) is 0 Å².